The first-order valence-corrected chi connectivity index (χ1v) is 9.69. The minimum atomic E-state index is -0.593. The van der Waals surface area contributed by atoms with Crippen molar-refractivity contribution < 1.29 is 9.59 Å². The third-order valence-corrected chi connectivity index (χ3v) is 5.45. The Morgan fingerprint density at radius 1 is 0.900 bits per heavy atom. The van der Waals surface area contributed by atoms with Crippen LogP contribution in [0.25, 0.3) is 5.69 Å². The molecule has 30 heavy (non-hydrogen) atoms. The van der Waals surface area contributed by atoms with E-state index in [2.05, 4.69) is 5.32 Å². The Kier molecular flexibility index (Phi) is 5.05. The molecule has 0 atom stereocenters. The highest BCUT2D eigenvalue weighted by molar-refractivity contribution is 6.48. The van der Waals surface area contributed by atoms with E-state index in [9.17, 15) is 14.4 Å². The number of nitrogens with one attached hydrogen (secondary N) is 1. The zero-order valence-corrected chi connectivity index (χ0v) is 17.2. The lowest BCUT2D eigenvalue weighted by molar-refractivity contribution is -0.138. The maximum atomic E-state index is 13.1. The molecule has 8 heteroatoms. The Morgan fingerprint density at radius 3 is 2.13 bits per heavy atom. The minimum absolute atomic E-state index is 0.0939. The third-order valence-electron chi connectivity index (χ3n) is 5.10. The lowest BCUT2D eigenvalue weighted by atomic mass is 10.2. The van der Waals surface area contributed by atoms with Crippen molar-refractivity contribution in [3.8, 4) is 5.69 Å². The summed E-state index contributed by atoms with van der Waals surface area (Å²) in [5, 5.41) is 2.60. The molecule has 0 aliphatic carbocycles. The lowest BCUT2D eigenvalue weighted by Crippen LogP contribution is -2.32. The molecule has 0 saturated heterocycles. The first-order chi connectivity index (χ1) is 14.4. The summed E-state index contributed by atoms with van der Waals surface area (Å²) in [6.45, 7) is 1.85. The Morgan fingerprint density at radius 2 is 1.50 bits per heavy atom. The molecule has 0 saturated carbocycles. The Hall–Kier alpha value is -3.58. The number of amides is 2. The summed E-state index contributed by atoms with van der Waals surface area (Å²) in [7, 11) is 1.74. The number of para-hydroxylation sites is 1. The van der Waals surface area contributed by atoms with Gasteiger partial charge in [-0.15, -0.1) is 0 Å². The van der Waals surface area contributed by atoms with Gasteiger partial charge in [0.15, 0.2) is 0 Å². The van der Waals surface area contributed by atoms with Gasteiger partial charge in [-0.25, -0.2) is 4.68 Å². The molecule has 7 nitrogen and oxygen atoms in total. The lowest BCUT2D eigenvalue weighted by Gasteiger charge is -2.14. The Labute approximate surface area is 177 Å². The number of aromatic nitrogens is 2. The molecule has 1 aromatic heterocycles. The van der Waals surface area contributed by atoms with Crippen molar-refractivity contribution in [3.05, 3.63) is 93.0 Å². The standard InChI is InChI=1S/C22H19ClN4O3/c1-14-18(22(30)27(25(14)2)16-11-7-4-8-12-16)24-19-17(23)20(28)26(21(19)29)13-15-9-5-3-6-10-15/h3-12,24H,13H2,1-2H3. The van der Waals surface area contributed by atoms with Crippen LogP contribution in [-0.2, 0) is 23.2 Å². The molecule has 3 aromatic rings. The van der Waals surface area contributed by atoms with Crippen LogP contribution in [0.4, 0.5) is 5.69 Å². The number of rotatable bonds is 5. The van der Waals surface area contributed by atoms with Gasteiger partial charge in [0.25, 0.3) is 17.4 Å². The summed E-state index contributed by atoms with van der Waals surface area (Å²) in [5.41, 5.74) is 1.83. The molecule has 2 aromatic carbocycles. The van der Waals surface area contributed by atoms with E-state index in [1.807, 2.05) is 60.7 Å². The van der Waals surface area contributed by atoms with Crippen LogP contribution in [0.3, 0.4) is 0 Å². The highest BCUT2D eigenvalue weighted by atomic mass is 35.5. The van der Waals surface area contributed by atoms with Crippen molar-refractivity contribution in [1.29, 1.82) is 0 Å². The van der Waals surface area contributed by atoms with Crippen molar-refractivity contribution in [1.82, 2.24) is 14.3 Å². The highest BCUT2D eigenvalue weighted by Gasteiger charge is 2.38. The average molecular weight is 423 g/mol. The molecule has 1 aliphatic rings. The summed E-state index contributed by atoms with van der Waals surface area (Å²) in [5.74, 6) is -1.16. The summed E-state index contributed by atoms with van der Waals surface area (Å²) in [4.78, 5) is 39.6. The van der Waals surface area contributed by atoms with Gasteiger partial charge in [-0.05, 0) is 24.6 Å². The van der Waals surface area contributed by atoms with E-state index in [4.69, 9.17) is 11.6 Å². The van der Waals surface area contributed by atoms with Gasteiger partial charge >= 0.3 is 0 Å². The van der Waals surface area contributed by atoms with Crippen LogP contribution in [0.2, 0.25) is 0 Å². The molecule has 1 N–H and O–H groups in total. The number of hydrogen-bond donors (Lipinski definition) is 1. The van der Waals surface area contributed by atoms with Crippen LogP contribution < -0.4 is 10.9 Å². The van der Waals surface area contributed by atoms with E-state index in [0.717, 1.165) is 10.5 Å². The second kappa shape index (κ2) is 7.68. The second-order valence-electron chi connectivity index (χ2n) is 6.93. The SMILES string of the molecule is Cc1c(NC2=C(Cl)C(=O)N(Cc3ccccc3)C2=O)c(=O)n(-c2ccccc2)n1C. The number of carbonyl (C=O) groups is 2. The molecule has 0 radical (unpaired) electrons. The maximum Gasteiger partial charge on any atom is 0.295 e. The Bertz CT molecular complexity index is 1230. The predicted molar refractivity (Wildman–Crippen MR) is 114 cm³/mol. The summed E-state index contributed by atoms with van der Waals surface area (Å²) in [6, 6.07) is 18.3. The van der Waals surface area contributed by atoms with E-state index < -0.39 is 11.8 Å². The number of benzene rings is 2. The van der Waals surface area contributed by atoms with Gasteiger partial charge in [-0.1, -0.05) is 60.1 Å². The molecule has 0 unspecified atom stereocenters. The fourth-order valence-electron chi connectivity index (χ4n) is 3.40. The van der Waals surface area contributed by atoms with Crippen LogP contribution in [0.5, 0.6) is 0 Å². The van der Waals surface area contributed by atoms with Crippen LogP contribution in [-0.4, -0.2) is 26.1 Å². The van der Waals surface area contributed by atoms with Crippen molar-refractivity contribution in [2.75, 3.05) is 5.32 Å². The third kappa shape index (κ3) is 3.23. The van der Waals surface area contributed by atoms with E-state index >= 15 is 0 Å². The van der Waals surface area contributed by atoms with Gasteiger partial charge in [0.05, 0.1) is 17.9 Å². The minimum Gasteiger partial charge on any atom is -0.344 e. The monoisotopic (exact) mass is 422 g/mol. The molecule has 2 heterocycles. The molecule has 0 bridgehead atoms. The van der Waals surface area contributed by atoms with E-state index in [1.54, 1.807) is 18.7 Å². The van der Waals surface area contributed by atoms with Crippen LogP contribution >= 0.6 is 11.6 Å². The van der Waals surface area contributed by atoms with Gasteiger partial charge in [0.2, 0.25) is 0 Å². The van der Waals surface area contributed by atoms with Gasteiger partial charge in [0.1, 0.15) is 16.4 Å². The molecular weight excluding hydrogens is 404 g/mol. The van der Waals surface area contributed by atoms with Crippen LogP contribution in [0, 0.1) is 6.92 Å². The largest absolute Gasteiger partial charge is 0.344 e. The average Bonchev–Trinajstić information content (AvgIpc) is 3.09. The fourth-order valence-corrected chi connectivity index (χ4v) is 3.63. The first-order valence-electron chi connectivity index (χ1n) is 9.31. The number of anilines is 1. The maximum absolute atomic E-state index is 13.1. The molecule has 2 amide bonds. The smallest absolute Gasteiger partial charge is 0.295 e. The molecule has 152 valence electrons. The topological polar surface area (TPSA) is 76.3 Å². The molecule has 1 aliphatic heterocycles. The summed E-state index contributed by atoms with van der Waals surface area (Å²) >= 11 is 6.19. The molecule has 0 fully saturated rings. The van der Waals surface area contributed by atoms with Crippen molar-refractivity contribution in [3.63, 3.8) is 0 Å². The van der Waals surface area contributed by atoms with Crippen molar-refractivity contribution >= 4 is 29.1 Å². The van der Waals surface area contributed by atoms with E-state index in [-0.39, 0.29) is 28.5 Å². The number of carbonyl (C=O) groups excluding carboxylic acids is 2. The van der Waals surface area contributed by atoms with Crippen LogP contribution in [0.1, 0.15) is 11.3 Å². The van der Waals surface area contributed by atoms with Crippen molar-refractivity contribution in [2.45, 2.75) is 13.5 Å². The highest BCUT2D eigenvalue weighted by Crippen LogP contribution is 2.27. The normalized spacial score (nSPS) is 14.0. The number of nitrogens with zero attached hydrogens (tertiary/aromatic N) is 3. The van der Waals surface area contributed by atoms with Crippen molar-refractivity contribution in [2.24, 2.45) is 7.05 Å². The Balaban J connectivity index is 1.67. The molecule has 4 rings (SSSR count). The summed E-state index contributed by atoms with van der Waals surface area (Å²) in [6.07, 6.45) is 0. The van der Waals surface area contributed by atoms with Gasteiger partial charge < -0.3 is 5.32 Å². The zero-order valence-electron chi connectivity index (χ0n) is 16.4. The van der Waals surface area contributed by atoms with Gasteiger partial charge in [-0.3, -0.25) is 24.0 Å². The molecule has 0 spiro atoms. The number of halogens is 1. The predicted octanol–water partition coefficient (Wildman–Crippen LogP) is 2.92. The molecular formula is C22H19ClN4O3. The summed E-state index contributed by atoms with van der Waals surface area (Å²) < 4.78 is 3.16. The fraction of sp³-hybridized carbons (Fsp3) is 0.136. The van der Waals surface area contributed by atoms with Gasteiger partial charge in [-0.2, -0.15) is 0 Å². The number of hydrogen-bond acceptors (Lipinski definition) is 4. The first kappa shape index (κ1) is 19.7. The van der Waals surface area contributed by atoms with E-state index in [1.165, 1.54) is 4.68 Å². The quantitative estimate of drug-likeness (QED) is 0.641. The van der Waals surface area contributed by atoms with Crippen LogP contribution in [0.15, 0.2) is 76.2 Å². The van der Waals surface area contributed by atoms with E-state index in [0.29, 0.717) is 11.4 Å². The zero-order chi connectivity index (χ0) is 21.4. The number of imide groups is 1. The van der Waals surface area contributed by atoms with Gasteiger partial charge in [0, 0.05) is 7.05 Å². The second-order valence-corrected chi connectivity index (χ2v) is 7.31.